The summed E-state index contributed by atoms with van der Waals surface area (Å²) >= 11 is 0. The van der Waals surface area contributed by atoms with Crippen LogP contribution >= 0.6 is 15.6 Å². The molecule has 0 aliphatic heterocycles. The van der Waals surface area contributed by atoms with Crippen LogP contribution < -0.4 is 0 Å². The predicted octanol–water partition coefficient (Wildman–Crippen LogP) is -2.11. The molecule has 11 heteroatoms. The average Bonchev–Trinajstić information content (AvgIpc) is 1.14. The molecule has 0 atom stereocenters. The molecule has 0 bridgehead atoms. The molecule has 7 nitrogen and oxygen atoms in total. The van der Waals surface area contributed by atoms with Gasteiger partial charge in [0.25, 0.3) is 0 Å². The van der Waals surface area contributed by atoms with Crippen LogP contribution in [0.25, 0.3) is 0 Å². The van der Waals surface area contributed by atoms with Crippen molar-refractivity contribution in [1.29, 1.82) is 0 Å². The molecule has 11 heavy (non-hydrogen) atoms. The van der Waals surface area contributed by atoms with Crippen molar-refractivity contribution in [2.75, 3.05) is 0 Å². The monoisotopic (exact) mass is 258 g/mol. The molecular formula is H6K2O7P2. The van der Waals surface area contributed by atoms with Gasteiger partial charge in [-0.1, -0.05) is 0 Å². The third kappa shape index (κ3) is 19.8. The van der Waals surface area contributed by atoms with Crippen LogP contribution in [0.4, 0.5) is 0 Å². The third-order valence-electron chi connectivity index (χ3n) is 0.213. The first kappa shape index (κ1) is 20.0. The molecule has 0 aliphatic carbocycles. The van der Waals surface area contributed by atoms with E-state index >= 15 is 0 Å². The Kier molecular flexibility index (Phi) is 14.1. The Bertz CT molecular complexity index is 155. The van der Waals surface area contributed by atoms with Gasteiger partial charge in [0.05, 0.1) is 0 Å². The Labute approximate surface area is 148 Å². The molecule has 0 saturated heterocycles. The molecular weight excluding hydrogens is 252 g/mol. The van der Waals surface area contributed by atoms with Gasteiger partial charge in [-0.05, 0) is 0 Å². The van der Waals surface area contributed by atoms with E-state index < -0.39 is 15.6 Å². The molecule has 0 saturated carbocycles. The first-order valence-corrected chi connectivity index (χ1v) is 4.59. The molecule has 0 aliphatic rings. The van der Waals surface area contributed by atoms with Crippen molar-refractivity contribution < 1.29 is 33.0 Å². The van der Waals surface area contributed by atoms with Gasteiger partial charge in [0.2, 0.25) is 0 Å². The maximum absolute atomic E-state index is 9.63. The van der Waals surface area contributed by atoms with Crippen molar-refractivity contribution in [3.63, 3.8) is 0 Å². The number of phosphoric acid groups is 2. The van der Waals surface area contributed by atoms with E-state index in [2.05, 4.69) is 4.31 Å². The summed E-state index contributed by atoms with van der Waals surface area (Å²) in [5.74, 6) is 0. The first-order chi connectivity index (χ1) is 3.71. The van der Waals surface area contributed by atoms with Gasteiger partial charge in [-0.15, -0.1) is 0 Å². The van der Waals surface area contributed by atoms with Crippen molar-refractivity contribution in [2.24, 2.45) is 0 Å². The van der Waals surface area contributed by atoms with Crippen molar-refractivity contribution in [2.45, 2.75) is 0 Å². The second kappa shape index (κ2) is 7.78. The molecule has 0 radical (unpaired) electrons. The molecule has 0 aromatic rings. The molecule has 4 N–H and O–H groups in total. The first-order valence-electron chi connectivity index (χ1n) is 1.53. The molecule has 0 unspecified atom stereocenters. The fourth-order valence-corrected chi connectivity index (χ4v) is 1.25. The van der Waals surface area contributed by atoms with Gasteiger partial charge in [-0.25, -0.2) is 9.13 Å². The molecule has 0 aromatic carbocycles. The summed E-state index contributed by atoms with van der Waals surface area (Å²) < 4.78 is 22.2. The van der Waals surface area contributed by atoms with E-state index in [9.17, 15) is 9.13 Å². The fraction of sp³-hybridized carbons (Fsp3) is 0. The van der Waals surface area contributed by atoms with Crippen molar-refractivity contribution in [1.82, 2.24) is 0 Å². The summed E-state index contributed by atoms with van der Waals surface area (Å²) in [4.78, 5) is 31.0. The van der Waals surface area contributed by atoms with E-state index in [4.69, 9.17) is 19.6 Å². The summed E-state index contributed by atoms with van der Waals surface area (Å²) in [7, 11) is -10.1. The van der Waals surface area contributed by atoms with E-state index in [-0.39, 0.29) is 103 Å². The molecule has 0 heterocycles. The number of hydrogen-bond donors (Lipinski definition) is 4. The quantitative estimate of drug-likeness (QED) is 0.330. The summed E-state index contributed by atoms with van der Waals surface area (Å²) in [6.45, 7) is 0. The number of hydrogen-bond acceptors (Lipinski definition) is 3. The Balaban J connectivity index is -0.000000320. The topological polar surface area (TPSA) is 124 Å². The minimum atomic E-state index is -5.05. The molecule has 0 rings (SSSR count). The summed E-state index contributed by atoms with van der Waals surface area (Å²) in [6, 6.07) is 0. The Morgan fingerprint density at radius 1 is 0.818 bits per heavy atom. The molecule has 0 spiro atoms. The van der Waals surface area contributed by atoms with Crippen LogP contribution in [0, 0.1) is 0 Å². The zero-order chi connectivity index (χ0) is 7.71. The van der Waals surface area contributed by atoms with E-state index in [1.54, 1.807) is 0 Å². The fourth-order valence-electron chi connectivity index (χ4n) is 0.139. The van der Waals surface area contributed by atoms with E-state index in [0.717, 1.165) is 0 Å². The van der Waals surface area contributed by atoms with Gasteiger partial charge >= 0.3 is 118 Å². The SMILES string of the molecule is O=P(O)(O)OP(=O)(O)O.[KH].[KH]. The predicted molar refractivity (Wildman–Crippen MR) is 39.5 cm³/mol. The summed E-state index contributed by atoms with van der Waals surface area (Å²) in [6.07, 6.45) is 0. The van der Waals surface area contributed by atoms with Crippen LogP contribution in [-0.2, 0) is 13.4 Å². The summed E-state index contributed by atoms with van der Waals surface area (Å²) in [5.41, 5.74) is 0. The van der Waals surface area contributed by atoms with Gasteiger partial charge in [-0.2, -0.15) is 4.31 Å². The van der Waals surface area contributed by atoms with E-state index in [1.165, 1.54) is 0 Å². The minimum absolute atomic E-state index is 0. The molecule has 0 aromatic heterocycles. The van der Waals surface area contributed by atoms with Crippen molar-refractivity contribution in [3.8, 4) is 0 Å². The van der Waals surface area contributed by atoms with E-state index in [0.29, 0.717) is 0 Å². The number of rotatable bonds is 2. The standard InChI is InChI=1S/2K.H4O7P2.2H/c;;1-8(2,3)7-9(4,5)6;;/h;;(H2,1,2,3)(H2,4,5,6);;. The second-order valence-electron chi connectivity index (χ2n) is 1.06. The Hall–Kier alpha value is 3.53. The normalized spacial score (nSPS) is 11.3. The van der Waals surface area contributed by atoms with Gasteiger partial charge in [0, 0.05) is 0 Å². The maximum atomic E-state index is 9.63. The molecule has 0 amide bonds. The average molecular weight is 258 g/mol. The zero-order valence-electron chi connectivity index (χ0n) is 3.91. The van der Waals surface area contributed by atoms with Gasteiger partial charge in [0.15, 0.2) is 0 Å². The Morgan fingerprint density at radius 3 is 1.00 bits per heavy atom. The van der Waals surface area contributed by atoms with Crippen molar-refractivity contribution >= 4 is 118 Å². The van der Waals surface area contributed by atoms with Crippen LogP contribution in [0.1, 0.15) is 0 Å². The second-order valence-corrected chi connectivity index (χ2v) is 3.68. The Morgan fingerprint density at radius 2 is 1.00 bits per heavy atom. The van der Waals surface area contributed by atoms with Crippen LogP contribution in [-0.4, -0.2) is 122 Å². The van der Waals surface area contributed by atoms with Crippen LogP contribution in [0.3, 0.4) is 0 Å². The third-order valence-corrected chi connectivity index (χ3v) is 1.91. The zero-order valence-corrected chi connectivity index (χ0v) is 5.70. The van der Waals surface area contributed by atoms with E-state index in [1.807, 2.05) is 0 Å². The summed E-state index contributed by atoms with van der Waals surface area (Å²) in [5, 5.41) is 0. The van der Waals surface area contributed by atoms with Crippen molar-refractivity contribution in [3.05, 3.63) is 0 Å². The molecule has 60 valence electrons. The van der Waals surface area contributed by atoms with Crippen LogP contribution in [0.5, 0.6) is 0 Å². The van der Waals surface area contributed by atoms with Crippen LogP contribution in [0.15, 0.2) is 0 Å². The van der Waals surface area contributed by atoms with Gasteiger partial charge < -0.3 is 19.6 Å². The molecule has 0 fully saturated rings. The van der Waals surface area contributed by atoms with Gasteiger partial charge in [-0.3, -0.25) is 0 Å². The van der Waals surface area contributed by atoms with Gasteiger partial charge in [0.1, 0.15) is 0 Å². The van der Waals surface area contributed by atoms with Crippen LogP contribution in [0.2, 0.25) is 0 Å².